The van der Waals surface area contributed by atoms with Crippen molar-refractivity contribution >= 4 is 22.2 Å². The minimum atomic E-state index is -0.0788. The molecule has 3 aromatic heterocycles. The highest BCUT2D eigenvalue weighted by atomic mass is 32.1. The van der Waals surface area contributed by atoms with Crippen LogP contribution in [-0.4, -0.2) is 25.1 Å². The highest BCUT2D eigenvalue weighted by Crippen LogP contribution is 2.38. The van der Waals surface area contributed by atoms with Crippen molar-refractivity contribution in [2.75, 3.05) is 0 Å². The van der Waals surface area contributed by atoms with Gasteiger partial charge in [-0.05, 0) is 31.0 Å². The van der Waals surface area contributed by atoms with E-state index in [1.54, 1.807) is 17.5 Å². The van der Waals surface area contributed by atoms with E-state index in [0.717, 1.165) is 33.2 Å². The molecule has 0 unspecified atom stereocenters. The molecule has 1 N–H and O–H groups in total. The predicted octanol–water partition coefficient (Wildman–Crippen LogP) is 3.35. The van der Waals surface area contributed by atoms with E-state index in [2.05, 4.69) is 40.8 Å². The SMILES string of the molecule is Cc1cc(C)c(-n2cccn2)c([C@@H]2CC(=O)NCc3nc4sccn4c32)c1. The maximum Gasteiger partial charge on any atom is 0.221 e. The molecule has 0 bridgehead atoms. The van der Waals surface area contributed by atoms with Gasteiger partial charge in [0.1, 0.15) is 0 Å². The summed E-state index contributed by atoms with van der Waals surface area (Å²) < 4.78 is 4.04. The Morgan fingerprint density at radius 2 is 2.15 bits per heavy atom. The summed E-state index contributed by atoms with van der Waals surface area (Å²) in [7, 11) is 0. The Balaban J connectivity index is 1.80. The third-order valence-electron chi connectivity index (χ3n) is 5.13. The van der Waals surface area contributed by atoms with Gasteiger partial charge in [0, 0.05) is 36.3 Å². The fourth-order valence-corrected chi connectivity index (χ4v) is 4.85. The number of nitrogens with one attached hydrogen (secondary N) is 1. The molecule has 4 heterocycles. The average molecular weight is 377 g/mol. The fraction of sp³-hybridized carbons (Fsp3) is 0.250. The van der Waals surface area contributed by atoms with Gasteiger partial charge < -0.3 is 5.32 Å². The van der Waals surface area contributed by atoms with Gasteiger partial charge in [-0.3, -0.25) is 9.20 Å². The first-order valence-electron chi connectivity index (χ1n) is 8.94. The molecule has 0 aliphatic carbocycles. The van der Waals surface area contributed by atoms with E-state index in [1.807, 2.05) is 28.5 Å². The molecule has 1 aromatic carbocycles. The number of nitrogens with zero attached hydrogens (tertiary/aromatic N) is 4. The molecule has 1 amide bonds. The molecule has 7 heteroatoms. The van der Waals surface area contributed by atoms with Crippen LogP contribution in [0.5, 0.6) is 0 Å². The number of imidazole rings is 1. The summed E-state index contributed by atoms with van der Waals surface area (Å²) in [6, 6.07) is 6.27. The van der Waals surface area contributed by atoms with Gasteiger partial charge in [0.2, 0.25) is 5.91 Å². The van der Waals surface area contributed by atoms with Crippen molar-refractivity contribution in [1.29, 1.82) is 0 Å². The number of aryl methyl sites for hydroxylation is 2. The van der Waals surface area contributed by atoms with Gasteiger partial charge in [0.25, 0.3) is 0 Å². The van der Waals surface area contributed by atoms with E-state index >= 15 is 0 Å². The molecule has 1 aliphatic heterocycles. The Labute approximate surface area is 160 Å². The van der Waals surface area contributed by atoms with E-state index in [4.69, 9.17) is 4.98 Å². The second kappa shape index (κ2) is 6.06. The highest BCUT2D eigenvalue weighted by Gasteiger charge is 2.31. The van der Waals surface area contributed by atoms with Crippen molar-refractivity contribution in [3.05, 3.63) is 70.2 Å². The van der Waals surface area contributed by atoms with Gasteiger partial charge in [0.15, 0.2) is 4.96 Å². The zero-order valence-corrected chi connectivity index (χ0v) is 16.0. The molecule has 0 spiro atoms. The summed E-state index contributed by atoms with van der Waals surface area (Å²) in [4.78, 5) is 18.2. The number of hydrogen-bond donors (Lipinski definition) is 1. The Bertz CT molecular complexity index is 1150. The number of rotatable bonds is 2. The number of aromatic nitrogens is 4. The van der Waals surface area contributed by atoms with Crippen LogP contribution in [-0.2, 0) is 11.3 Å². The Hall–Kier alpha value is -2.93. The monoisotopic (exact) mass is 377 g/mol. The normalized spacial score (nSPS) is 17.0. The summed E-state index contributed by atoms with van der Waals surface area (Å²) in [5, 5.41) is 9.51. The molecule has 0 saturated carbocycles. The number of amides is 1. The van der Waals surface area contributed by atoms with Gasteiger partial charge in [-0.1, -0.05) is 17.7 Å². The zero-order chi connectivity index (χ0) is 18.5. The van der Waals surface area contributed by atoms with Crippen molar-refractivity contribution in [1.82, 2.24) is 24.5 Å². The summed E-state index contributed by atoms with van der Waals surface area (Å²) >= 11 is 1.62. The average Bonchev–Trinajstić information content (AvgIpc) is 3.33. The lowest BCUT2D eigenvalue weighted by molar-refractivity contribution is -0.121. The first kappa shape index (κ1) is 16.3. The van der Waals surface area contributed by atoms with Gasteiger partial charge in [-0.15, -0.1) is 11.3 Å². The zero-order valence-electron chi connectivity index (χ0n) is 15.1. The van der Waals surface area contributed by atoms with Crippen LogP contribution in [0.3, 0.4) is 0 Å². The summed E-state index contributed by atoms with van der Waals surface area (Å²) in [6.45, 7) is 4.67. The molecule has 1 aliphatic rings. The molecule has 136 valence electrons. The van der Waals surface area contributed by atoms with Crippen LogP contribution in [0.1, 0.15) is 40.4 Å². The van der Waals surface area contributed by atoms with E-state index < -0.39 is 0 Å². The van der Waals surface area contributed by atoms with Crippen LogP contribution in [0, 0.1) is 13.8 Å². The van der Waals surface area contributed by atoms with E-state index in [0.29, 0.717) is 13.0 Å². The number of fused-ring (bicyclic) bond motifs is 3. The lowest BCUT2D eigenvalue weighted by Crippen LogP contribution is -2.22. The lowest BCUT2D eigenvalue weighted by Gasteiger charge is -2.21. The Morgan fingerprint density at radius 1 is 1.26 bits per heavy atom. The fourth-order valence-electron chi connectivity index (χ4n) is 4.11. The van der Waals surface area contributed by atoms with E-state index in [-0.39, 0.29) is 11.8 Å². The lowest BCUT2D eigenvalue weighted by atomic mass is 9.87. The van der Waals surface area contributed by atoms with Gasteiger partial charge in [-0.25, -0.2) is 9.67 Å². The summed E-state index contributed by atoms with van der Waals surface area (Å²) in [5.41, 5.74) is 6.52. The number of thiazole rings is 1. The second-order valence-corrected chi connectivity index (χ2v) is 7.88. The van der Waals surface area contributed by atoms with Gasteiger partial charge in [-0.2, -0.15) is 5.10 Å². The third kappa shape index (κ3) is 2.57. The Morgan fingerprint density at radius 3 is 2.96 bits per heavy atom. The van der Waals surface area contributed by atoms with E-state index in [1.165, 1.54) is 5.56 Å². The van der Waals surface area contributed by atoms with Crippen molar-refractivity contribution in [3.8, 4) is 5.69 Å². The summed E-state index contributed by atoms with van der Waals surface area (Å²) in [6.07, 6.45) is 6.18. The van der Waals surface area contributed by atoms with Crippen LogP contribution in [0.4, 0.5) is 0 Å². The van der Waals surface area contributed by atoms with Crippen LogP contribution < -0.4 is 5.32 Å². The maximum absolute atomic E-state index is 12.5. The standard InChI is InChI=1S/C20H19N5OS/c1-12-8-13(2)18(25-5-3-4-22-25)14(9-12)15-10-17(26)21-11-16-19(15)24-6-7-27-20(24)23-16/h3-9,15H,10-11H2,1-2H3,(H,21,26)/t15-/m0/s1. The van der Waals surface area contributed by atoms with Crippen LogP contribution in [0.2, 0.25) is 0 Å². The molecule has 5 rings (SSSR count). The molecule has 27 heavy (non-hydrogen) atoms. The first-order chi connectivity index (χ1) is 13.1. The maximum atomic E-state index is 12.5. The minimum absolute atomic E-state index is 0.0487. The molecule has 1 atom stereocenters. The number of hydrogen-bond acceptors (Lipinski definition) is 4. The van der Waals surface area contributed by atoms with Gasteiger partial charge in [0.05, 0.1) is 23.6 Å². The number of benzene rings is 1. The molecule has 0 saturated heterocycles. The minimum Gasteiger partial charge on any atom is -0.350 e. The first-order valence-corrected chi connectivity index (χ1v) is 9.82. The smallest absolute Gasteiger partial charge is 0.221 e. The predicted molar refractivity (Wildman–Crippen MR) is 104 cm³/mol. The molecule has 0 radical (unpaired) electrons. The molecule has 0 fully saturated rings. The molecule has 4 aromatic rings. The van der Waals surface area contributed by atoms with Crippen LogP contribution >= 0.6 is 11.3 Å². The van der Waals surface area contributed by atoms with Crippen molar-refractivity contribution < 1.29 is 4.79 Å². The number of carbonyl (C=O) groups is 1. The highest BCUT2D eigenvalue weighted by molar-refractivity contribution is 7.15. The van der Waals surface area contributed by atoms with Crippen LogP contribution in [0.25, 0.3) is 10.6 Å². The van der Waals surface area contributed by atoms with Crippen molar-refractivity contribution in [2.45, 2.75) is 32.7 Å². The summed E-state index contributed by atoms with van der Waals surface area (Å²) in [5.74, 6) is -0.0301. The van der Waals surface area contributed by atoms with Crippen molar-refractivity contribution in [2.24, 2.45) is 0 Å². The molecular weight excluding hydrogens is 358 g/mol. The molecule has 6 nitrogen and oxygen atoms in total. The van der Waals surface area contributed by atoms with Gasteiger partial charge >= 0.3 is 0 Å². The topological polar surface area (TPSA) is 64.2 Å². The molecular formula is C20H19N5OS. The van der Waals surface area contributed by atoms with Crippen molar-refractivity contribution in [3.63, 3.8) is 0 Å². The Kier molecular flexibility index (Phi) is 3.65. The second-order valence-electron chi connectivity index (χ2n) is 7.00. The largest absolute Gasteiger partial charge is 0.350 e. The number of carbonyl (C=O) groups excluding carboxylic acids is 1. The third-order valence-corrected chi connectivity index (χ3v) is 5.89. The van der Waals surface area contributed by atoms with Crippen LogP contribution in [0.15, 0.2) is 42.2 Å². The quantitative estimate of drug-likeness (QED) is 0.583. The van der Waals surface area contributed by atoms with E-state index in [9.17, 15) is 4.79 Å².